The van der Waals surface area contributed by atoms with E-state index in [2.05, 4.69) is 22.5 Å². The van der Waals surface area contributed by atoms with E-state index >= 15 is 0 Å². The molecule has 1 heterocycles. The summed E-state index contributed by atoms with van der Waals surface area (Å²) in [4.78, 5) is 15.9. The van der Waals surface area contributed by atoms with Gasteiger partial charge in [0.2, 0.25) is 0 Å². The zero-order valence-corrected chi connectivity index (χ0v) is 9.66. The molecule has 4 heteroatoms. The molecular formula is C12H17N3O. The number of hydrogen-bond donors (Lipinski definition) is 2. The molecule has 1 aromatic rings. The largest absolute Gasteiger partial charge is 0.388 e. The molecular weight excluding hydrogens is 202 g/mol. The van der Waals surface area contributed by atoms with Crippen LogP contribution in [0.15, 0.2) is 18.3 Å². The molecule has 0 saturated heterocycles. The van der Waals surface area contributed by atoms with Gasteiger partial charge in [0.05, 0.1) is 0 Å². The molecule has 0 bridgehead atoms. The van der Waals surface area contributed by atoms with Crippen LogP contribution in [0.25, 0.3) is 0 Å². The highest BCUT2D eigenvalue weighted by molar-refractivity contribution is 5.93. The summed E-state index contributed by atoms with van der Waals surface area (Å²) in [6.45, 7) is 2.20. The topological polar surface area (TPSA) is 54.0 Å². The van der Waals surface area contributed by atoms with E-state index in [-0.39, 0.29) is 5.91 Å². The van der Waals surface area contributed by atoms with Gasteiger partial charge in [-0.05, 0) is 30.9 Å². The second kappa shape index (κ2) is 4.51. The van der Waals surface area contributed by atoms with E-state index in [1.54, 1.807) is 12.3 Å². The summed E-state index contributed by atoms with van der Waals surface area (Å²) in [6, 6.07) is 3.93. The highest BCUT2D eigenvalue weighted by Crippen LogP contribution is 2.26. The first-order valence-electron chi connectivity index (χ1n) is 5.63. The molecule has 0 aliphatic heterocycles. The number of anilines is 1. The van der Waals surface area contributed by atoms with Gasteiger partial charge in [-0.2, -0.15) is 0 Å². The van der Waals surface area contributed by atoms with Gasteiger partial charge in [0.15, 0.2) is 0 Å². The van der Waals surface area contributed by atoms with Crippen molar-refractivity contribution in [2.45, 2.75) is 25.8 Å². The quantitative estimate of drug-likeness (QED) is 0.812. The maximum Gasteiger partial charge on any atom is 0.270 e. The van der Waals surface area contributed by atoms with Crippen LogP contribution >= 0.6 is 0 Å². The number of carbonyl (C=O) groups is 1. The Bertz CT molecular complexity index is 386. The first kappa shape index (κ1) is 10.9. The third-order valence-electron chi connectivity index (χ3n) is 2.99. The lowest BCUT2D eigenvalue weighted by Gasteiger charge is -2.33. The van der Waals surface area contributed by atoms with Gasteiger partial charge in [0.1, 0.15) is 5.69 Å². The Balaban J connectivity index is 1.97. The fraction of sp³-hybridized carbons (Fsp3) is 0.500. The number of amides is 1. The smallest absolute Gasteiger partial charge is 0.270 e. The molecule has 0 aromatic carbocycles. The van der Waals surface area contributed by atoms with Crippen LogP contribution in [0.5, 0.6) is 0 Å². The Hall–Kier alpha value is -1.58. The summed E-state index contributed by atoms with van der Waals surface area (Å²) in [7, 11) is 1.82. The monoisotopic (exact) mass is 219 g/mol. The summed E-state index contributed by atoms with van der Waals surface area (Å²) >= 11 is 0. The first-order valence-corrected chi connectivity index (χ1v) is 5.63. The molecule has 1 aliphatic rings. The Morgan fingerprint density at radius 2 is 2.25 bits per heavy atom. The van der Waals surface area contributed by atoms with E-state index in [0.717, 1.165) is 24.4 Å². The highest BCUT2D eigenvalue weighted by atomic mass is 16.1. The minimum absolute atomic E-state index is 0.0750. The van der Waals surface area contributed by atoms with Crippen LogP contribution < -0.4 is 10.6 Å². The van der Waals surface area contributed by atoms with Crippen molar-refractivity contribution in [2.24, 2.45) is 5.92 Å². The van der Waals surface area contributed by atoms with Crippen molar-refractivity contribution in [3.63, 3.8) is 0 Å². The highest BCUT2D eigenvalue weighted by Gasteiger charge is 2.27. The van der Waals surface area contributed by atoms with Crippen LogP contribution in [0.2, 0.25) is 0 Å². The molecule has 0 unspecified atom stereocenters. The molecule has 1 aliphatic carbocycles. The molecule has 4 nitrogen and oxygen atoms in total. The molecule has 1 saturated carbocycles. The van der Waals surface area contributed by atoms with Crippen LogP contribution in [-0.4, -0.2) is 24.0 Å². The molecule has 16 heavy (non-hydrogen) atoms. The Kier molecular flexibility index (Phi) is 3.08. The molecule has 2 rings (SSSR count). The second-order valence-corrected chi connectivity index (χ2v) is 4.43. The second-order valence-electron chi connectivity index (χ2n) is 4.43. The van der Waals surface area contributed by atoms with Crippen LogP contribution in [-0.2, 0) is 0 Å². The third kappa shape index (κ3) is 2.32. The third-order valence-corrected chi connectivity index (χ3v) is 2.99. The molecule has 1 fully saturated rings. The van der Waals surface area contributed by atoms with E-state index in [9.17, 15) is 4.79 Å². The number of nitrogens with zero attached hydrogens (tertiary/aromatic N) is 1. The van der Waals surface area contributed by atoms with Crippen molar-refractivity contribution >= 4 is 11.6 Å². The summed E-state index contributed by atoms with van der Waals surface area (Å²) in [5.74, 6) is 0.663. The number of carbonyl (C=O) groups excluding carboxylic acids is 1. The maximum absolute atomic E-state index is 11.8. The fourth-order valence-corrected chi connectivity index (χ4v) is 1.99. The molecule has 1 aromatic heterocycles. The van der Waals surface area contributed by atoms with Crippen molar-refractivity contribution in [1.29, 1.82) is 0 Å². The van der Waals surface area contributed by atoms with Crippen molar-refractivity contribution in [1.82, 2.24) is 10.3 Å². The van der Waals surface area contributed by atoms with Gasteiger partial charge < -0.3 is 10.6 Å². The van der Waals surface area contributed by atoms with E-state index < -0.39 is 0 Å². The lowest BCUT2D eigenvalue weighted by atomic mass is 9.82. The Morgan fingerprint density at radius 3 is 2.88 bits per heavy atom. The van der Waals surface area contributed by atoms with Crippen molar-refractivity contribution in [2.75, 3.05) is 12.4 Å². The van der Waals surface area contributed by atoms with Crippen LogP contribution in [0.3, 0.4) is 0 Å². The molecule has 86 valence electrons. The average Bonchev–Trinajstić information content (AvgIpc) is 2.27. The van der Waals surface area contributed by atoms with Crippen molar-refractivity contribution in [3.8, 4) is 0 Å². The van der Waals surface area contributed by atoms with E-state index in [1.165, 1.54) is 0 Å². The predicted octanol–water partition coefficient (Wildman–Crippen LogP) is 1.65. The van der Waals surface area contributed by atoms with Crippen LogP contribution in [0.1, 0.15) is 30.3 Å². The minimum atomic E-state index is -0.0750. The zero-order chi connectivity index (χ0) is 11.5. The van der Waals surface area contributed by atoms with Crippen LogP contribution in [0.4, 0.5) is 5.69 Å². The predicted molar refractivity (Wildman–Crippen MR) is 63.4 cm³/mol. The Morgan fingerprint density at radius 1 is 1.50 bits per heavy atom. The van der Waals surface area contributed by atoms with Crippen molar-refractivity contribution in [3.05, 3.63) is 24.0 Å². The zero-order valence-electron chi connectivity index (χ0n) is 9.66. The SMILES string of the molecule is CNc1ccnc(C(=O)NC2CC(C)C2)c1. The summed E-state index contributed by atoms with van der Waals surface area (Å²) in [5, 5.41) is 5.98. The summed E-state index contributed by atoms with van der Waals surface area (Å²) in [6.07, 6.45) is 3.80. The molecule has 2 N–H and O–H groups in total. The molecule has 0 radical (unpaired) electrons. The standard InChI is InChI=1S/C12H17N3O/c1-8-5-10(6-8)15-12(16)11-7-9(13-2)3-4-14-11/h3-4,7-8,10H,5-6H2,1-2H3,(H,13,14)(H,15,16). The minimum Gasteiger partial charge on any atom is -0.388 e. The van der Waals surface area contributed by atoms with Gasteiger partial charge in [-0.3, -0.25) is 9.78 Å². The van der Waals surface area contributed by atoms with E-state index in [1.807, 2.05) is 13.1 Å². The lowest BCUT2D eigenvalue weighted by molar-refractivity contribution is 0.0891. The summed E-state index contributed by atoms with van der Waals surface area (Å²) in [5.41, 5.74) is 1.38. The van der Waals surface area contributed by atoms with Gasteiger partial charge >= 0.3 is 0 Å². The van der Waals surface area contributed by atoms with E-state index in [4.69, 9.17) is 0 Å². The number of nitrogens with one attached hydrogen (secondary N) is 2. The fourth-order valence-electron chi connectivity index (χ4n) is 1.99. The number of rotatable bonds is 3. The van der Waals surface area contributed by atoms with Crippen molar-refractivity contribution < 1.29 is 4.79 Å². The van der Waals surface area contributed by atoms with Gasteiger partial charge in [-0.15, -0.1) is 0 Å². The van der Waals surface area contributed by atoms with E-state index in [0.29, 0.717) is 11.7 Å². The van der Waals surface area contributed by atoms with Gasteiger partial charge in [0.25, 0.3) is 5.91 Å². The number of aromatic nitrogens is 1. The number of pyridine rings is 1. The average molecular weight is 219 g/mol. The van der Waals surface area contributed by atoms with Gasteiger partial charge in [-0.25, -0.2) is 0 Å². The van der Waals surface area contributed by atoms with Gasteiger partial charge in [-0.1, -0.05) is 6.92 Å². The first-order chi connectivity index (χ1) is 7.69. The normalized spacial score (nSPS) is 23.4. The molecule has 1 amide bonds. The van der Waals surface area contributed by atoms with Crippen LogP contribution in [0, 0.1) is 5.92 Å². The Labute approximate surface area is 95.5 Å². The lowest BCUT2D eigenvalue weighted by Crippen LogP contribution is -2.43. The number of hydrogen-bond acceptors (Lipinski definition) is 3. The molecule has 0 atom stereocenters. The summed E-state index contributed by atoms with van der Waals surface area (Å²) < 4.78 is 0. The molecule has 0 spiro atoms. The van der Waals surface area contributed by atoms with Gasteiger partial charge in [0, 0.05) is 25.0 Å². The maximum atomic E-state index is 11.8.